The van der Waals surface area contributed by atoms with E-state index in [4.69, 9.17) is 0 Å². The van der Waals surface area contributed by atoms with Crippen molar-refractivity contribution in [3.05, 3.63) is 35.4 Å². The van der Waals surface area contributed by atoms with Gasteiger partial charge >= 0.3 is 0 Å². The molecule has 1 N–H and O–H groups in total. The highest BCUT2D eigenvalue weighted by molar-refractivity contribution is 5.27. The summed E-state index contributed by atoms with van der Waals surface area (Å²) in [5, 5.41) is 10.3. The largest absolute Gasteiger partial charge is 0.385 e. The van der Waals surface area contributed by atoms with Crippen LogP contribution < -0.4 is 0 Å². The average molecular weight is 220 g/mol. The minimum Gasteiger partial charge on any atom is -0.385 e. The molecule has 1 atom stereocenters. The van der Waals surface area contributed by atoms with Gasteiger partial charge in [-0.15, -0.1) is 0 Å². The lowest BCUT2D eigenvalue weighted by Gasteiger charge is -2.28. The minimum absolute atomic E-state index is 0.225. The first-order valence-corrected chi connectivity index (χ1v) is 6.15. The van der Waals surface area contributed by atoms with Gasteiger partial charge in [-0.25, -0.2) is 0 Å². The molecule has 16 heavy (non-hydrogen) atoms. The van der Waals surface area contributed by atoms with Gasteiger partial charge in [0.15, 0.2) is 0 Å². The van der Waals surface area contributed by atoms with E-state index in [1.165, 1.54) is 5.56 Å². The predicted molar refractivity (Wildman–Crippen MR) is 69.4 cm³/mol. The van der Waals surface area contributed by atoms with Crippen molar-refractivity contribution in [2.75, 3.05) is 0 Å². The molecule has 1 heteroatoms. The van der Waals surface area contributed by atoms with Crippen molar-refractivity contribution in [3.63, 3.8) is 0 Å². The molecule has 90 valence electrons. The van der Waals surface area contributed by atoms with Crippen LogP contribution in [0.3, 0.4) is 0 Å². The summed E-state index contributed by atoms with van der Waals surface area (Å²) in [4.78, 5) is 0. The second-order valence-corrected chi connectivity index (χ2v) is 5.60. The van der Waals surface area contributed by atoms with E-state index in [0.29, 0.717) is 5.92 Å². The molecular formula is C15H24O. The molecule has 0 heterocycles. The quantitative estimate of drug-likeness (QED) is 0.819. The van der Waals surface area contributed by atoms with E-state index < -0.39 is 5.60 Å². The highest BCUT2D eigenvalue weighted by Gasteiger charge is 2.26. The molecule has 0 aliphatic heterocycles. The van der Waals surface area contributed by atoms with Crippen LogP contribution in [0.15, 0.2) is 24.3 Å². The van der Waals surface area contributed by atoms with Crippen molar-refractivity contribution >= 4 is 0 Å². The van der Waals surface area contributed by atoms with E-state index in [0.717, 1.165) is 12.0 Å². The molecule has 1 nitrogen and oxygen atoms in total. The van der Waals surface area contributed by atoms with Gasteiger partial charge in [0.1, 0.15) is 0 Å². The van der Waals surface area contributed by atoms with Crippen molar-refractivity contribution in [3.8, 4) is 0 Å². The maximum absolute atomic E-state index is 10.3. The van der Waals surface area contributed by atoms with Crippen LogP contribution in [0.1, 0.15) is 45.7 Å². The summed E-state index contributed by atoms with van der Waals surface area (Å²) in [6, 6.07) is 8.37. The van der Waals surface area contributed by atoms with Gasteiger partial charge < -0.3 is 5.11 Å². The molecule has 1 aromatic carbocycles. The van der Waals surface area contributed by atoms with Crippen LogP contribution >= 0.6 is 0 Å². The Hall–Kier alpha value is -0.820. The Bertz CT molecular complexity index is 320. The summed E-state index contributed by atoms with van der Waals surface area (Å²) < 4.78 is 0. The third-order valence-electron chi connectivity index (χ3n) is 3.31. The van der Waals surface area contributed by atoms with Gasteiger partial charge in [-0.2, -0.15) is 0 Å². The Morgan fingerprint density at radius 1 is 1.06 bits per heavy atom. The second-order valence-electron chi connectivity index (χ2n) is 5.60. The summed E-state index contributed by atoms with van der Waals surface area (Å²) in [7, 11) is 0. The standard InChI is InChI=1S/C15H24O/c1-11(2)10-13-6-8-14(9-7-13)15(5,16)12(3)4/h6-9,11-12,16H,10H2,1-5H3. The molecule has 1 rings (SSSR count). The fourth-order valence-electron chi connectivity index (χ4n) is 1.78. The van der Waals surface area contributed by atoms with Crippen LogP contribution in [0.5, 0.6) is 0 Å². The molecule has 0 spiro atoms. The van der Waals surface area contributed by atoms with Crippen LogP contribution in [0, 0.1) is 11.8 Å². The summed E-state index contributed by atoms with van der Waals surface area (Å²) >= 11 is 0. The SMILES string of the molecule is CC(C)Cc1ccc(C(C)(O)C(C)C)cc1. The summed E-state index contributed by atoms with van der Waals surface area (Å²) in [5.74, 6) is 0.903. The Morgan fingerprint density at radius 2 is 1.56 bits per heavy atom. The van der Waals surface area contributed by atoms with Crippen LogP contribution in [0.25, 0.3) is 0 Å². The van der Waals surface area contributed by atoms with E-state index in [1.54, 1.807) is 0 Å². The van der Waals surface area contributed by atoms with Crippen molar-refractivity contribution in [2.45, 2.75) is 46.6 Å². The Kier molecular flexibility index (Phi) is 4.15. The highest BCUT2D eigenvalue weighted by atomic mass is 16.3. The Labute approximate surface area is 99.5 Å². The molecule has 0 saturated heterocycles. The van der Waals surface area contributed by atoms with Crippen molar-refractivity contribution in [1.82, 2.24) is 0 Å². The monoisotopic (exact) mass is 220 g/mol. The fraction of sp³-hybridized carbons (Fsp3) is 0.600. The number of aliphatic hydroxyl groups is 1. The molecule has 1 aromatic rings. The highest BCUT2D eigenvalue weighted by Crippen LogP contribution is 2.29. The average Bonchev–Trinajstić information content (AvgIpc) is 2.17. The lowest BCUT2D eigenvalue weighted by Crippen LogP contribution is -2.27. The number of rotatable bonds is 4. The maximum Gasteiger partial charge on any atom is 0.0891 e. The van der Waals surface area contributed by atoms with Gasteiger partial charge in [0.05, 0.1) is 5.60 Å². The fourth-order valence-corrected chi connectivity index (χ4v) is 1.78. The van der Waals surface area contributed by atoms with Gasteiger partial charge in [0, 0.05) is 0 Å². The Morgan fingerprint density at radius 3 is 1.94 bits per heavy atom. The van der Waals surface area contributed by atoms with Gasteiger partial charge in [-0.1, -0.05) is 52.0 Å². The van der Waals surface area contributed by atoms with Gasteiger partial charge in [0.25, 0.3) is 0 Å². The van der Waals surface area contributed by atoms with E-state index in [9.17, 15) is 5.11 Å². The predicted octanol–water partition coefficient (Wildman–Crippen LogP) is 3.75. The molecule has 0 aliphatic rings. The molecule has 0 bridgehead atoms. The zero-order valence-electron chi connectivity index (χ0n) is 11.1. The smallest absolute Gasteiger partial charge is 0.0891 e. The van der Waals surface area contributed by atoms with E-state index >= 15 is 0 Å². The summed E-state index contributed by atoms with van der Waals surface area (Å²) in [6.07, 6.45) is 1.10. The van der Waals surface area contributed by atoms with Crippen LogP contribution in [0.4, 0.5) is 0 Å². The van der Waals surface area contributed by atoms with E-state index in [2.05, 4.69) is 38.1 Å². The first-order valence-electron chi connectivity index (χ1n) is 6.15. The lowest BCUT2D eigenvalue weighted by atomic mass is 9.84. The third kappa shape index (κ3) is 3.08. The van der Waals surface area contributed by atoms with E-state index in [-0.39, 0.29) is 5.92 Å². The van der Waals surface area contributed by atoms with Crippen molar-refractivity contribution < 1.29 is 5.11 Å². The van der Waals surface area contributed by atoms with Crippen molar-refractivity contribution in [1.29, 1.82) is 0 Å². The molecule has 0 radical (unpaired) electrons. The topological polar surface area (TPSA) is 20.2 Å². The molecule has 0 fully saturated rings. The molecular weight excluding hydrogens is 196 g/mol. The Balaban J connectivity index is 2.86. The number of hydrogen-bond acceptors (Lipinski definition) is 1. The number of hydrogen-bond donors (Lipinski definition) is 1. The zero-order valence-corrected chi connectivity index (χ0v) is 11.1. The summed E-state index contributed by atoms with van der Waals surface area (Å²) in [5.41, 5.74) is 1.63. The van der Waals surface area contributed by atoms with Gasteiger partial charge in [-0.05, 0) is 36.3 Å². The van der Waals surface area contributed by atoms with Gasteiger partial charge in [-0.3, -0.25) is 0 Å². The minimum atomic E-state index is -0.726. The van der Waals surface area contributed by atoms with Crippen LogP contribution in [0.2, 0.25) is 0 Å². The number of benzene rings is 1. The maximum atomic E-state index is 10.3. The van der Waals surface area contributed by atoms with Crippen LogP contribution in [-0.4, -0.2) is 5.11 Å². The summed E-state index contributed by atoms with van der Waals surface area (Å²) in [6.45, 7) is 10.4. The van der Waals surface area contributed by atoms with Crippen LogP contribution in [-0.2, 0) is 12.0 Å². The normalized spacial score (nSPS) is 15.5. The lowest BCUT2D eigenvalue weighted by molar-refractivity contribution is 0.00904. The van der Waals surface area contributed by atoms with E-state index in [1.807, 2.05) is 20.8 Å². The first-order chi connectivity index (χ1) is 7.34. The molecule has 0 saturated carbocycles. The molecule has 0 aromatic heterocycles. The molecule has 0 amide bonds. The second kappa shape index (κ2) is 5.01. The third-order valence-corrected chi connectivity index (χ3v) is 3.31. The zero-order chi connectivity index (χ0) is 12.3. The molecule has 1 unspecified atom stereocenters. The molecule has 0 aliphatic carbocycles. The van der Waals surface area contributed by atoms with Gasteiger partial charge in [0.2, 0.25) is 0 Å². The van der Waals surface area contributed by atoms with Crippen molar-refractivity contribution in [2.24, 2.45) is 11.8 Å². The first kappa shape index (κ1) is 13.2.